The molecule has 2 N–H and O–H groups in total. The largest absolute Gasteiger partial charge is 0.325 e. The summed E-state index contributed by atoms with van der Waals surface area (Å²) in [7, 11) is 0. The molecule has 0 spiro atoms. The maximum absolute atomic E-state index is 12.6. The molecule has 1 aromatic heterocycles. The van der Waals surface area contributed by atoms with Crippen LogP contribution in [0.1, 0.15) is 19.8 Å². The van der Waals surface area contributed by atoms with Crippen molar-refractivity contribution >= 4 is 46.6 Å². The van der Waals surface area contributed by atoms with Gasteiger partial charge in [0.05, 0.1) is 5.69 Å². The lowest BCUT2D eigenvalue weighted by molar-refractivity contribution is -0.134. The lowest BCUT2D eigenvalue weighted by Gasteiger charge is -2.20. The number of para-hydroxylation sites is 1. The van der Waals surface area contributed by atoms with Gasteiger partial charge in [-0.25, -0.2) is 4.79 Å². The van der Waals surface area contributed by atoms with Gasteiger partial charge in [0, 0.05) is 4.90 Å². The van der Waals surface area contributed by atoms with Crippen molar-refractivity contribution < 1.29 is 14.4 Å². The first-order valence-electron chi connectivity index (χ1n) is 8.44. The number of hydrogen-bond donors (Lipinski definition) is 2. The molecular formula is C17H17N5O3S2. The van der Waals surface area contributed by atoms with Crippen LogP contribution >= 0.6 is 23.1 Å². The van der Waals surface area contributed by atoms with E-state index < -0.39 is 17.5 Å². The Kier molecular flexibility index (Phi) is 4.60. The van der Waals surface area contributed by atoms with Gasteiger partial charge in [-0.3, -0.25) is 14.5 Å². The Morgan fingerprint density at radius 3 is 2.89 bits per heavy atom. The second-order valence-corrected chi connectivity index (χ2v) is 8.77. The molecule has 0 radical (unpaired) electrons. The van der Waals surface area contributed by atoms with Crippen molar-refractivity contribution in [3.8, 4) is 0 Å². The van der Waals surface area contributed by atoms with Crippen molar-refractivity contribution in [2.24, 2.45) is 5.92 Å². The molecule has 4 rings (SSSR count). The number of rotatable bonds is 6. The average molecular weight is 403 g/mol. The number of nitrogens with one attached hydrogen (secondary N) is 2. The zero-order valence-corrected chi connectivity index (χ0v) is 16.1. The molecule has 1 aliphatic carbocycles. The first-order valence-corrected chi connectivity index (χ1v) is 10.1. The number of imide groups is 1. The molecule has 1 saturated carbocycles. The van der Waals surface area contributed by atoms with Gasteiger partial charge >= 0.3 is 6.03 Å². The van der Waals surface area contributed by atoms with Gasteiger partial charge in [-0.1, -0.05) is 35.2 Å². The number of aromatic nitrogens is 2. The summed E-state index contributed by atoms with van der Waals surface area (Å²) in [5, 5.41) is 13.3. The van der Waals surface area contributed by atoms with Crippen molar-refractivity contribution in [1.82, 2.24) is 20.4 Å². The topological polar surface area (TPSA) is 104 Å². The van der Waals surface area contributed by atoms with Crippen molar-refractivity contribution in [2.75, 3.05) is 11.9 Å². The highest BCUT2D eigenvalue weighted by atomic mass is 32.2. The Bertz CT molecular complexity index is 900. The van der Waals surface area contributed by atoms with Gasteiger partial charge in [0.25, 0.3) is 5.91 Å². The standard InChI is InChI=1S/C17H17N5O3S2/c1-17(10-6-7-10)14(24)22(15(25)20-17)8-13(23)19-11-4-2-3-5-12(11)27-16-21-18-9-26-16/h2-5,9-10H,6-8H2,1H3,(H,19,23)(H,20,25). The van der Waals surface area contributed by atoms with E-state index in [0.29, 0.717) is 5.69 Å². The zero-order chi connectivity index (χ0) is 19.0. The van der Waals surface area contributed by atoms with Crippen LogP contribution in [0.4, 0.5) is 10.5 Å². The number of hydrogen-bond acceptors (Lipinski definition) is 7. The van der Waals surface area contributed by atoms with Crippen LogP contribution in [0.25, 0.3) is 0 Å². The summed E-state index contributed by atoms with van der Waals surface area (Å²) in [5.41, 5.74) is 1.35. The predicted molar refractivity (Wildman–Crippen MR) is 100 cm³/mol. The van der Waals surface area contributed by atoms with Gasteiger partial charge in [0.2, 0.25) is 5.91 Å². The van der Waals surface area contributed by atoms with E-state index in [-0.39, 0.29) is 18.4 Å². The summed E-state index contributed by atoms with van der Waals surface area (Å²) in [5.74, 6) is -0.600. The minimum absolute atomic E-state index is 0.158. The van der Waals surface area contributed by atoms with Crippen LogP contribution in [0.15, 0.2) is 39.0 Å². The van der Waals surface area contributed by atoms with Gasteiger partial charge < -0.3 is 10.6 Å². The first kappa shape index (κ1) is 17.9. The van der Waals surface area contributed by atoms with E-state index >= 15 is 0 Å². The second-order valence-electron chi connectivity index (χ2n) is 6.65. The monoisotopic (exact) mass is 403 g/mol. The normalized spacial score (nSPS) is 22.0. The summed E-state index contributed by atoms with van der Waals surface area (Å²) in [6.45, 7) is 1.42. The minimum Gasteiger partial charge on any atom is -0.323 e. The Balaban J connectivity index is 1.44. The molecule has 4 amide bonds. The number of nitrogens with zero attached hydrogens (tertiary/aromatic N) is 3. The third kappa shape index (κ3) is 3.54. The minimum atomic E-state index is -0.886. The molecule has 27 heavy (non-hydrogen) atoms. The molecule has 10 heteroatoms. The maximum Gasteiger partial charge on any atom is 0.325 e. The number of amides is 4. The number of carbonyl (C=O) groups excluding carboxylic acids is 3. The number of benzene rings is 1. The van der Waals surface area contributed by atoms with Gasteiger partial charge in [-0.05, 0) is 37.8 Å². The maximum atomic E-state index is 12.6. The fourth-order valence-electron chi connectivity index (χ4n) is 3.09. The third-order valence-corrected chi connectivity index (χ3v) is 6.55. The molecule has 2 fully saturated rings. The highest BCUT2D eigenvalue weighted by Crippen LogP contribution is 2.42. The summed E-state index contributed by atoms with van der Waals surface area (Å²) in [6.07, 6.45) is 1.83. The van der Waals surface area contributed by atoms with E-state index in [4.69, 9.17) is 0 Å². The third-order valence-electron chi connectivity index (χ3n) is 4.70. The van der Waals surface area contributed by atoms with E-state index in [1.165, 1.54) is 23.1 Å². The van der Waals surface area contributed by atoms with Crippen molar-refractivity contribution in [3.63, 3.8) is 0 Å². The van der Waals surface area contributed by atoms with Crippen LogP contribution in [-0.4, -0.2) is 45.0 Å². The molecule has 1 saturated heterocycles. The zero-order valence-electron chi connectivity index (χ0n) is 14.5. The quantitative estimate of drug-likeness (QED) is 0.718. The Hall–Kier alpha value is -2.46. The van der Waals surface area contributed by atoms with Gasteiger partial charge in [0.15, 0.2) is 4.34 Å². The van der Waals surface area contributed by atoms with Crippen LogP contribution < -0.4 is 10.6 Å². The summed E-state index contributed by atoms with van der Waals surface area (Å²) in [6, 6.07) is 6.78. The van der Waals surface area contributed by atoms with E-state index in [0.717, 1.165) is 27.0 Å². The summed E-state index contributed by atoms with van der Waals surface area (Å²) >= 11 is 2.79. The Morgan fingerprint density at radius 2 is 2.19 bits per heavy atom. The average Bonchev–Trinajstić information content (AvgIpc) is 3.34. The smallest absolute Gasteiger partial charge is 0.323 e. The van der Waals surface area contributed by atoms with Crippen LogP contribution in [0.5, 0.6) is 0 Å². The Labute approximate surface area is 163 Å². The highest BCUT2D eigenvalue weighted by molar-refractivity contribution is 8.01. The van der Waals surface area contributed by atoms with E-state index in [1.54, 1.807) is 24.6 Å². The molecule has 2 aliphatic rings. The number of carbonyl (C=O) groups is 3. The van der Waals surface area contributed by atoms with Crippen LogP contribution in [0.2, 0.25) is 0 Å². The molecule has 1 aromatic carbocycles. The van der Waals surface area contributed by atoms with E-state index in [2.05, 4.69) is 20.8 Å². The molecule has 2 heterocycles. The van der Waals surface area contributed by atoms with Gasteiger partial charge in [-0.15, -0.1) is 10.2 Å². The van der Waals surface area contributed by atoms with Crippen LogP contribution in [-0.2, 0) is 9.59 Å². The molecule has 2 aromatic rings. The van der Waals surface area contributed by atoms with Gasteiger partial charge in [0.1, 0.15) is 17.6 Å². The number of anilines is 1. The fourth-order valence-corrected chi connectivity index (χ4v) is 4.61. The molecule has 8 nitrogen and oxygen atoms in total. The van der Waals surface area contributed by atoms with Crippen molar-refractivity contribution in [1.29, 1.82) is 0 Å². The summed E-state index contributed by atoms with van der Waals surface area (Å²) < 4.78 is 0.756. The van der Waals surface area contributed by atoms with Crippen LogP contribution in [0.3, 0.4) is 0 Å². The molecule has 1 atom stereocenters. The first-order chi connectivity index (χ1) is 13.0. The lowest BCUT2D eigenvalue weighted by atomic mass is 9.96. The molecule has 1 aliphatic heterocycles. The van der Waals surface area contributed by atoms with Gasteiger partial charge in [-0.2, -0.15) is 0 Å². The SMILES string of the molecule is CC1(C2CC2)NC(=O)N(CC(=O)Nc2ccccc2Sc2nncs2)C1=O. The lowest BCUT2D eigenvalue weighted by Crippen LogP contribution is -2.46. The molecule has 1 unspecified atom stereocenters. The van der Waals surface area contributed by atoms with E-state index in [1.807, 2.05) is 12.1 Å². The Morgan fingerprint density at radius 1 is 1.41 bits per heavy atom. The van der Waals surface area contributed by atoms with E-state index in [9.17, 15) is 14.4 Å². The second kappa shape index (κ2) is 6.93. The highest BCUT2D eigenvalue weighted by Gasteiger charge is 2.56. The van der Waals surface area contributed by atoms with Crippen LogP contribution in [0, 0.1) is 5.92 Å². The summed E-state index contributed by atoms with van der Waals surface area (Å²) in [4.78, 5) is 39.1. The molecule has 0 bridgehead atoms. The number of urea groups is 1. The predicted octanol–water partition coefficient (Wildman–Crippen LogP) is 2.35. The molecular weight excluding hydrogens is 386 g/mol. The van der Waals surface area contributed by atoms with Crippen molar-refractivity contribution in [2.45, 2.75) is 34.5 Å². The fraction of sp³-hybridized carbons (Fsp3) is 0.353. The molecule has 140 valence electrons. The van der Waals surface area contributed by atoms with Crippen molar-refractivity contribution in [3.05, 3.63) is 29.8 Å².